The standard InChI is InChI=1S/C18H16N2O3/c1-12-3-9-16-19-18(13-4-6-14(23-2)7-5-13)15(20(16)11-12)8-10-17(21)22/h3-11H,1-2H3,(H,21,22)/b10-8+. The molecule has 0 atom stereocenters. The largest absolute Gasteiger partial charge is 0.497 e. The molecule has 23 heavy (non-hydrogen) atoms. The normalized spacial score (nSPS) is 11.2. The lowest BCUT2D eigenvalue weighted by Gasteiger charge is -2.03. The first kappa shape index (κ1) is 14.8. The molecular formula is C18H16N2O3. The van der Waals surface area contributed by atoms with E-state index in [0.717, 1.165) is 40.0 Å². The predicted molar refractivity (Wildman–Crippen MR) is 88.6 cm³/mol. The van der Waals surface area contributed by atoms with Crippen LogP contribution in [0.1, 0.15) is 11.3 Å². The first-order valence-electron chi connectivity index (χ1n) is 7.12. The summed E-state index contributed by atoms with van der Waals surface area (Å²) < 4.78 is 7.07. The molecule has 3 aromatic rings. The topological polar surface area (TPSA) is 63.8 Å². The quantitative estimate of drug-likeness (QED) is 0.750. The van der Waals surface area contributed by atoms with Crippen molar-refractivity contribution in [2.24, 2.45) is 0 Å². The number of aromatic nitrogens is 2. The fourth-order valence-electron chi connectivity index (χ4n) is 2.44. The number of aliphatic carboxylic acids is 1. The molecule has 0 unspecified atom stereocenters. The van der Waals surface area contributed by atoms with Crippen LogP contribution in [-0.4, -0.2) is 27.6 Å². The Hall–Kier alpha value is -3.08. The van der Waals surface area contributed by atoms with Gasteiger partial charge in [0.2, 0.25) is 0 Å². The van der Waals surface area contributed by atoms with E-state index in [1.165, 1.54) is 0 Å². The van der Waals surface area contributed by atoms with Gasteiger partial charge in [0.25, 0.3) is 0 Å². The highest BCUT2D eigenvalue weighted by atomic mass is 16.5. The van der Waals surface area contributed by atoms with Crippen molar-refractivity contribution in [2.75, 3.05) is 7.11 Å². The van der Waals surface area contributed by atoms with Crippen LogP contribution in [0.4, 0.5) is 0 Å². The number of imidazole rings is 1. The highest BCUT2D eigenvalue weighted by Gasteiger charge is 2.12. The Kier molecular flexibility index (Phi) is 3.85. The molecule has 0 bridgehead atoms. The molecule has 0 saturated carbocycles. The fraction of sp³-hybridized carbons (Fsp3) is 0.111. The zero-order valence-corrected chi connectivity index (χ0v) is 12.9. The van der Waals surface area contributed by atoms with Crippen LogP contribution >= 0.6 is 0 Å². The Bertz CT molecular complexity index is 893. The second-order valence-electron chi connectivity index (χ2n) is 5.18. The van der Waals surface area contributed by atoms with Crippen molar-refractivity contribution in [3.05, 3.63) is 59.9 Å². The number of rotatable bonds is 4. The van der Waals surface area contributed by atoms with Gasteiger partial charge in [0, 0.05) is 17.8 Å². The summed E-state index contributed by atoms with van der Waals surface area (Å²) >= 11 is 0. The number of pyridine rings is 1. The molecule has 116 valence electrons. The molecule has 0 aliphatic heterocycles. The number of benzene rings is 1. The monoisotopic (exact) mass is 308 g/mol. The summed E-state index contributed by atoms with van der Waals surface area (Å²) in [5.74, 6) is -0.232. The van der Waals surface area contributed by atoms with Crippen molar-refractivity contribution in [3.8, 4) is 17.0 Å². The minimum absolute atomic E-state index is 0.732. The second-order valence-corrected chi connectivity index (χ2v) is 5.18. The molecule has 0 amide bonds. The van der Waals surface area contributed by atoms with Gasteiger partial charge in [-0.3, -0.25) is 4.40 Å². The third-order valence-electron chi connectivity index (χ3n) is 3.55. The number of carboxylic acids is 1. The highest BCUT2D eigenvalue weighted by Crippen LogP contribution is 2.27. The minimum atomic E-state index is -0.992. The van der Waals surface area contributed by atoms with E-state index in [9.17, 15) is 4.79 Å². The third-order valence-corrected chi connectivity index (χ3v) is 3.55. The fourth-order valence-corrected chi connectivity index (χ4v) is 2.44. The van der Waals surface area contributed by atoms with E-state index in [4.69, 9.17) is 9.84 Å². The SMILES string of the molecule is COc1ccc(-c2nc3ccc(C)cn3c2/C=C/C(=O)O)cc1. The number of hydrogen-bond donors (Lipinski definition) is 1. The lowest BCUT2D eigenvalue weighted by atomic mass is 10.1. The summed E-state index contributed by atoms with van der Waals surface area (Å²) in [5.41, 5.74) is 4.21. The molecule has 2 aromatic heterocycles. The number of carboxylic acid groups (broad SMARTS) is 1. The maximum Gasteiger partial charge on any atom is 0.328 e. The van der Waals surface area contributed by atoms with Crippen molar-refractivity contribution in [2.45, 2.75) is 6.92 Å². The van der Waals surface area contributed by atoms with E-state index in [1.807, 2.05) is 53.9 Å². The first-order chi connectivity index (χ1) is 11.1. The molecule has 3 rings (SSSR count). The lowest BCUT2D eigenvalue weighted by molar-refractivity contribution is -0.131. The Morgan fingerprint density at radius 1 is 1.22 bits per heavy atom. The summed E-state index contributed by atoms with van der Waals surface area (Å²) in [6.07, 6.45) is 4.64. The van der Waals surface area contributed by atoms with Gasteiger partial charge in [-0.2, -0.15) is 0 Å². The van der Waals surface area contributed by atoms with E-state index in [0.29, 0.717) is 0 Å². The van der Waals surface area contributed by atoms with Crippen molar-refractivity contribution in [1.82, 2.24) is 9.38 Å². The van der Waals surface area contributed by atoms with E-state index < -0.39 is 5.97 Å². The molecule has 0 radical (unpaired) electrons. The van der Waals surface area contributed by atoms with Crippen LogP contribution in [0.3, 0.4) is 0 Å². The Labute approximate surface area is 133 Å². The zero-order chi connectivity index (χ0) is 16.4. The number of methoxy groups -OCH3 is 1. The van der Waals surface area contributed by atoms with E-state index in [1.54, 1.807) is 13.2 Å². The maximum absolute atomic E-state index is 10.9. The van der Waals surface area contributed by atoms with Crippen LogP contribution in [0, 0.1) is 6.92 Å². The number of fused-ring (bicyclic) bond motifs is 1. The highest BCUT2D eigenvalue weighted by molar-refractivity contribution is 5.87. The van der Waals surface area contributed by atoms with Gasteiger partial charge in [-0.05, 0) is 48.9 Å². The van der Waals surface area contributed by atoms with Crippen LogP contribution in [0.15, 0.2) is 48.7 Å². The van der Waals surface area contributed by atoms with E-state index in [-0.39, 0.29) is 0 Å². The first-order valence-corrected chi connectivity index (χ1v) is 7.12. The summed E-state index contributed by atoms with van der Waals surface area (Å²) in [5, 5.41) is 8.94. The van der Waals surface area contributed by atoms with Gasteiger partial charge in [0.15, 0.2) is 0 Å². The Morgan fingerprint density at radius 2 is 1.96 bits per heavy atom. The molecule has 1 N–H and O–H groups in total. The second kappa shape index (κ2) is 5.96. The van der Waals surface area contributed by atoms with Gasteiger partial charge in [-0.15, -0.1) is 0 Å². The van der Waals surface area contributed by atoms with Gasteiger partial charge in [0.05, 0.1) is 18.5 Å². The summed E-state index contributed by atoms with van der Waals surface area (Å²) in [6.45, 7) is 1.98. The zero-order valence-electron chi connectivity index (χ0n) is 12.9. The van der Waals surface area contributed by atoms with Crippen molar-refractivity contribution < 1.29 is 14.6 Å². The van der Waals surface area contributed by atoms with E-state index >= 15 is 0 Å². The lowest BCUT2D eigenvalue weighted by Crippen LogP contribution is -1.92. The number of hydrogen-bond acceptors (Lipinski definition) is 3. The van der Waals surface area contributed by atoms with Gasteiger partial charge in [-0.1, -0.05) is 6.07 Å². The molecule has 1 aromatic carbocycles. The van der Waals surface area contributed by atoms with Gasteiger partial charge >= 0.3 is 5.97 Å². The summed E-state index contributed by atoms with van der Waals surface area (Å²) in [4.78, 5) is 15.5. The van der Waals surface area contributed by atoms with Crippen molar-refractivity contribution in [1.29, 1.82) is 0 Å². The molecule has 0 spiro atoms. The third kappa shape index (κ3) is 2.94. The average molecular weight is 308 g/mol. The van der Waals surface area contributed by atoms with Gasteiger partial charge in [0.1, 0.15) is 11.4 Å². The molecule has 0 aliphatic carbocycles. The molecule has 5 nitrogen and oxygen atoms in total. The van der Waals surface area contributed by atoms with E-state index in [2.05, 4.69) is 4.98 Å². The van der Waals surface area contributed by atoms with Crippen LogP contribution in [-0.2, 0) is 4.79 Å². The van der Waals surface area contributed by atoms with Crippen LogP contribution in [0.25, 0.3) is 23.0 Å². The molecular weight excluding hydrogens is 292 g/mol. The number of carbonyl (C=O) groups is 1. The van der Waals surface area contributed by atoms with Crippen molar-refractivity contribution in [3.63, 3.8) is 0 Å². The van der Waals surface area contributed by atoms with Crippen LogP contribution in [0.2, 0.25) is 0 Å². The summed E-state index contributed by atoms with van der Waals surface area (Å²) in [7, 11) is 1.61. The average Bonchev–Trinajstić information content (AvgIpc) is 2.90. The van der Waals surface area contributed by atoms with Crippen LogP contribution in [0.5, 0.6) is 5.75 Å². The minimum Gasteiger partial charge on any atom is -0.497 e. The summed E-state index contributed by atoms with van der Waals surface area (Å²) in [6, 6.07) is 11.4. The van der Waals surface area contributed by atoms with Crippen LogP contribution < -0.4 is 4.74 Å². The van der Waals surface area contributed by atoms with Crippen molar-refractivity contribution >= 4 is 17.7 Å². The predicted octanol–water partition coefficient (Wildman–Crippen LogP) is 3.42. The molecule has 5 heteroatoms. The van der Waals surface area contributed by atoms with Gasteiger partial charge in [-0.25, -0.2) is 9.78 Å². The smallest absolute Gasteiger partial charge is 0.328 e. The number of aryl methyl sites for hydroxylation is 1. The molecule has 2 heterocycles. The maximum atomic E-state index is 10.9. The number of nitrogens with zero attached hydrogens (tertiary/aromatic N) is 2. The molecule has 0 saturated heterocycles. The Balaban J connectivity index is 2.21. The molecule has 0 fully saturated rings. The number of ether oxygens (including phenoxy) is 1. The molecule has 0 aliphatic rings. The van der Waals surface area contributed by atoms with Gasteiger partial charge < -0.3 is 9.84 Å². The Morgan fingerprint density at radius 3 is 2.61 bits per heavy atom.